The Bertz CT molecular complexity index is 955. The van der Waals surface area contributed by atoms with Crippen molar-refractivity contribution in [2.24, 2.45) is 0 Å². The number of alkyl halides is 6. The maximum absolute atomic E-state index is 13.0. The summed E-state index contributed by atoms with van der Waals surface area (Å²) in [5, 5.41) is 2.14. The van der Waals surface area contributed by atoms with Crippen LogP contribution in [0.15, 0.2) is 30.6 Å². The van der Waals surface area contributed by atoms with Gasteiger partial charge >= 0.3 is 18.4 Å². The first-order valence-corrected chi connectivity index (χ1v) is 9.92. The highest BCUT2D eigenvalue weighted by Gasteiger charge is 2.37. The van der Waals surface area contributed by atoms with E-state index in [2.05, 4.69) is 15.3 Å². The van der Waals surface area contributed by atoms with Crippen LogP contribution in [0.1, 0.15) is 25.0 Å². The first kappa shape index (κ1) is 24.4. The summed E-state index contributed by atoms with van der Waals surface area (Å²) < 4.78 is 83.8. The fourth-order valence-corrected chi connectivity index (χ4v) is 3.19. The number of amides is 2. The summed E-state index contributed by atoms with van der Waals surface area (Å²) in [5.74, 6) is 0.813. The number of rotatable bonds is 4. The van der Waals surface area contributed by atoms with Gasteiger partial charge in [-0.15, -0.1) is 0 Å². The second-order valence-electron chi connectivity index (χ2n) is 7.55. The Labute approximate surface area is 185 Å². The van der Waals surface area contributed by atoms with E-state index < -0.39 is 35.2 Å². The number of carbonyl (C=O) groups excluding carboxylic acids is 1. The third-order valence-electron chi connectivity index (χ3n) is 4.70. The third kappa shape index (κ3) is 6.17. The summed E-state index contributed by atoms with van der Waals surface area (Å²) in [7, 11) is 0. The monoisotopic (exact) mass is 477 g/mol. The highest BCUT2D eigenvalue weighted by Crippen LogP contribution is 2.37. The molecule has 7 nitrogen and oxygen atoms in total. The lowest BCUT2D eigenvalue weighted by molar-refractivity contribution is -0.143. The van der Waals surface area contributed by atoms with Gasteiger partial charge in [0.2, 0.25) is 0 Å². The molecule has 1 saturated heterocycles. The highest BCUT2D eigenvalue weighted by atomic mass is 19.4. The number of aromatic nitrogens is 2. The van der Waals surface area contributed by atoms with Crippen LogP contribution in [0.2, 0.25) is 0 Å². The summed E-state index contributed by atoms with van der Waals surface area (Å²) in [6, 6.07) is 0.142. The molecule has 0 spiro atoms. The van der Waals surface area contributed by atoms with Gasteiger partial charge in [-0.1, -0.05) is 0 Å². The van der Waals surface area contributed by atoms with Crippen LogP contribution in [0.5, 0.6) is 5.88 Å². The molecule has 13 heteroatoms. The molecule has 2 heterocycles. The van der Waals surface area contributed by atoms with Crippen molar-refractivity contribution in [1.82, 2.24) is 14.9 Å². The van der Waals surface area contributed by atoms with Crippen LogP contribution < -0.4 is 15.0 Å². The Morgan fingerprint density at radius 2 is 1.48 bits per heavy atom. The summed E-state index contributed by atoms with van der Waals surface area (Å²) in [4.78, 5) is 24.1. The van der Waals surface area contributed by atoms with E-state index in [1.54, 1.807) is 0 Å². The van der Waals surface area contributed by atoms with Crippen molar-refractivity contribution in [2.75, 3.05) is 36.4 Å². The molecule has 1 aromatic heterocycles. The van der Waals surface area contributed by atoms with E-state index in [4.69, 9.17) is 4.74 Å². The Balaban J connectivity index is 1.70. The Morgan fingerprint density at radius 3 is 2.00 bits per heavy atom. The second-order valence-corrected chi connectivity index (χ2v) is 7.55. The predicted octanol–water partition coefficient (Wildman–Crippen LogP) is 4.66. The summed E-state index contributed by atoms with van der Waals surface area (Å²) in [6.45, 7) is 4.62. The molecule has 1 N–H and O–H groups in total. The van der Waals surface area contributed by atoms with Crippen LogP contribution in [0.25, 0.3) is 0 Å². The number of hydrogen-bond acceptors (Lipinski definition) is 5. The maximum Gasteiger partial charge on any atom is 0.416 e. The maximum atomic E-state index is 13.0. The van der Waals surface area contributed by atoms with E-state index in [0.29, 0.717) is 36.9 Å². The number of nitrogens with zero attached hydrogens (tertiary/aromatic N) is 4. The quantitative estimate of drug-likeness (QED) is 0.649. The number of hydrogen-bond donors (Lipinski definition) is 1. The molecule has 2 aromatic rings. The number of halogens is 6. The number of ether oxygens (including phenoxy) is 1. The molecule has 33 heavy (non-hydrogen) atoms. The fraction of sp³-hybridized carbons (Fsp3) is 0.450. The molecule has 1 aliphatic heterocycles. The Hall–Kier alpha value is -3.25. The standard InChI is InChI=1S/C20H21F6N5O2/c1-12(2)33-17-16(27-3-4-28-17)30-5-7-31(8-6-30)18(32)29-15-10-13(19(21,22)23)9-14(11-15)20(24,25)26/h3-4,9-12H,5-8H2,1-2H3,(H,29,32). The zero-order chi connectivity index (χ0) is 24.4. The Morgan fingerprint density at radius 1 is 0.939 bits per heavy atom. The van der Waals surface area contributed by atoms with Crippen LogP contribution in [0.4, 0.5) is 42.6 Å². The lowest BCUT2D eigenvalue weighted by atomic mass is 10.1. The van der Waals surface area contributed by atoms with Crippen molar-refractivity contribution >= 4 is 17.5 Å². The second kappa shape index (κ2) is 9.32. The van der Waals surface area contributed by atoms with Crippen LogP contribution >= 0.6 is 0 Å². The van der Waals surface area contributed by atoms with Gasteiger partial charge < -0.3 is 19.9 Å². The third-order valence-corrected chi connectivity index (χ3v) is 4.70. The largest absolute Gasteiger partial charge is 0.472 e. The van der Waals surface area contributed by atoms with Crippen molar-refractivity contribution < 1.29 is 35.9 Å². The summed E-state index contributed by atoms with van der Waals surface area (Å²) >= 11 is 0. The normalized spacial score (nSPS) is 15.1. The SMILES string of the molecule is CC(C)Oc1nccnc1N1CCN(C(=O)Nc2cc(C(F)(F)F)cc(C(F)(F)F)c2)CC1. The zero-order valence-electron chi connectivity index (χ0n) is 17.7. The molecule has 1 aromatic carbocycles. The van der Waals surface area contributed by atoms with Crippen LogP contribution in [0, 0.1) is 0 Å². The van der Waals surface area contributed by atoms with Gasteiger partial charge in [0.25, 0.3) is 5.88 Å². The average molecular weight is 477 g/mol. The minimum atomic E-state index is -5.00. The van der Waals surface area contributed by atoms with E-state index in [1.165, 1.54) is 17.3 Å². The minimum absolute atomic E-state index is 0.00609. The van der Waals surface area contributed by atoms with E-state index in [1.807, 2.05) is 18.7 Å². The number of piperazine rings is 1. The molecular weight excluding hydrogens is 456 g/mol. The fourth-order valence-electron chi connectivity index (χ4n) is 3.19. The van der Waals surface area contributed by atoms with Gasteiger partial charge in [-0.05, 0) is 32.0 Å². The number of nitrogens with one attached hydrogen (secondary N) is 1. The number of urea groups is 1. The van der Waals surface area contributed by atoms with Crippen LogP contribution in [-0.2, 0) is 12.4 Å². The van der Waals surface area contributed by atoms with Crippen molar-refractivity contribution in [3.63, 3.8) is 0 Å². The Kier molecular flexibility index (Phi) is 6.89. The molecule has 0 aliphatic carbocycles. The van der Waals surface area contributed by atoms with Crippen molar-refractivity contribution in [3.8, 4) is 5.88 Å². The predicted molar refractivity (Wildman–Crippen MR) is 107 cm³/mol. The van der Waals surface area contributed by atoms with Crippen molar-refractivity contribution in [3.05, 3.63) is 41.7 Å². The molecule has 0 atom stereocenters. The lowest BCUT2D eigenvalue weighted by Crippen LogP contribution is -2.50. The van der Waals surface area contributed by atoms with E-state index >= 15 is 0 Å². The summed E-state index contributed by atoms with van der Waals surface area (Å²) in [5.41, 5.74) is -3.60. The molecule has 1 aliphatic rings. The van der Waals surface area contributed by atoms with E-state index in [0.717, 1.165) is 0 Å². The van der Waals surface area contributed by atoms with Gasteiger partial charge in [0.15, 0.2) is 5.82 Å². The first-order chi connectivity index (χ1) is 15.3. The van der Waals surface area contributed by atoms with Gasteiger partial charge in [0, 0.05) is 44.3 Å². The molecule has 180 valence electrons. The molecule has 2 amide bonds. The summed E-state index contributed by atoms with van der Waals surface area (Å²) in [6.07, 6.45) is -7.16. The first-order valence-electron chi connectivity index (χ1n) is 9.92. The molecular formula is C20H21F6N5O2. The topological polar surface area (TPSA) is 70.6 Å². The molecule has 0 radical (unpaired) electrons. The van der Waals surface area contributed by atoms with Crippen molar-refractivity contribution in [2.45, 2.75) is 32.3 Å². The van der Waals surface area contributed by atoms with Gasteiger partial charge in [0.05, 0.1) is 17.2 Å². The van der Waals surface area contributed by atoms with Gasteiger partial charge in [-0.25, -0.2) is 14.8 Å². The van der Waals surface area contributed by atoms with Crippen LogP contribution in [-0.4, -0.2) is 53.2 Å². The molecule has 1 fully saturated rings. The molecule has 3 rings (SSSR count). The number of carbonyl (C=O) groups is 1. The highest BCUT2D eigenvalue weighted by molar-refractivity contribution is 5.89. The van der Waals surface area contributed by atoms with Crippen LogP contribution in [0.3, 0.4) is 0 Å². The minimum Gasteiger partial charge on any atom is -0.472 e. The smallest absolute Gasteiger partial charge is 0.416 e. The van der Waals surface area contributed by atoms with E-state index in [-0.39, 0.29) is 25.3 Å². The lowest BCUT2D eigenvalue weighted by Gasteiger charge is -2.35. The van der Waals surface area contributed by atoms with E-state index in [9.17, 15) is 31.1 Å². The van der Waals surface area contributed by atoms with Gasteiger partial charge in [0.1, 0.15) is 0 Å². The molecule has 0 unspecified atom stereocenters. The van der Waals surface area contributed by atoms with Gasteiger partial charge in [-0.2, -0.15) is 26.3 Å². The number of benzene rings is 1. The van der Waals surface area contributed by atoms with Crippen molar-refractivity contribution in [1.29, 1.82) is 0 Å². The average Bonchev–Trinajstić information content (AvgIpc) is 2.72. The number of anilines is 2. The molecule has 0 saturated carbocycles. The van der Waals surface area contributed by atoms with Gasteiger partial charge in [-0.3, -0.25) is 0 Å². The molecule has 0 bridgehead atoms. The zero-order valence-corrected chi connectivity index (χ0v) is 17.7.